The normalized spacial score (nSPS) is 19.0. The van der Waals surface area contributed by atoms with Crippen molar-refractivity contribution < 1.29 is 19.1 Å². The van der Waals surface area contributed by atoms with E-state index in [1.54, 1.807) is 27.6 Å². The lowest BCUT2D eigenvalue weighted by molar-refractivity contribution is 0.0626. The van der Waals surface area contributed by atoms with E-state index in [1.165, 1.54) is 12.1 Å². The molecule has 32 heavy (non-hydrogen) atoms. The zero-order chi connectivity index (χ0) is 23.0. The summed E-state index contributed by atoms with van der Waals surface area (Å²) in [6, 6.07) is 5.16. The van der Waals surface area contributed by atoms with E-state index >= 15 is 0 Å². The molecule has 3 heterocycles. The molecule has 1 aromatic heterocycles. The third kappa shape index (κ3) is 3.91. The Labute approximate surface area is 185 Å². The van der Waals surface area contributed by atoms with Crippen LogP contribution < -0.4 is 5.32 Å². The van der Waals surface area contributed by atoms with E-state index in [1.807, 2.05) is 6.92 Å². The van der Waals surface area contributed by atoms with E-state index in [2.05, 4.69) is 10.4 Å². The number of nitrogens with one attached hydrogen (secondary N) is 1. The number of aromatic nitrogens is 2. The van der Waals surface area contributed by atoms with Gasteiger partial charge >= 0.3 is 6.03 Å². The van der Waals surface area contributed by atoms with Crippen molar-refractivity contribution >= 4 is 17.6 Å². The lowest BCUT2D eigenvalue weighted by Crippen LogP contribution is -2.40. The van der Waals surface area contributed by atoms with E-state index in [4.69, 9.17) is 5.26 Å². The largest absolute Gasteiger partial charge is 0.393 e. The highest BCUT2D eigenvalue weighted by Gasteiger charge is 2.36. The number of urea groups is 1. The molecule has 0 radical (unpaired) electrons. The number of aliphatic hydroxyl groups is 1. The second-order valence-electron chi connectivity index (χ2n) is 8.29. The summed E-state index contributed by atoms with van der Waals surface area (Å²) in [5.74, 6) is -0.947. The Balaban J connectivity index is 1.57. The molecule has 0 saturated heterocycles. The summed E-state index contributed by atoms with van der Waals surface area (Å²) in [5, 5.41) is 26.7. The van der Waals surface area contributed by atoms with Gasteiger partial charge in [0, 0.05) is 50.3 Å². The van der Waals surface area contributed by atoms with Crippen LogP contribution in [0.5, 0.6) is 0 Å². The quantitative estimate of drug-likeness (QED) is 0.757. The summed E-state index contributed by atoms with van der Waals surface area (Å²) < 4.78 is 15.2. The first kappa shape index (κ1) is 21.8. The van der Waals surface area contributed by atoms with Gasteiger partial charge in [-0.1, -0.05) is 6.92 Å². The molecule has 1 unspecified atom stereocenters. The van der Waals surface area contributed by atoms with E-state index in [9.17, 15) is 19.1 Å². The predicted molar refractivity (Wildman–Crippen MR) is 113 cm³/mol. The first-order chi connectivity index (χ1) is 15.3. The smallest absolute Gasteiger partial charge is 0.322 e. The third-order valence-corrected chi connectivity index (χ3v) is 6.15. The van der Waals surface area contributed by atoms with Crippen LogP contribution in [0.1, 0.15) is 40.7 Å². The number of carbonyl (C=O) groups is 2. The number of nitriles is 1. The molecule has 2 aliphatic heterocycles. The topological polar surface area (TPSA) is 114 Å². The van der Waals surface area contributed by atoms with Crippen molar-refractivity contribution in [2.24, 2.45) is 5.92 Å². The van der Waals surface area contributed by atoms with E-state index in [0.29, 0.717) is 49.4 Å². The lowest BCUT2D eigenvalue weighted by Gasteiger charge is -2.27. The molecule has 4 rings (SSSR count). The minimum atomic E-state index is -0.648. The number of aliphatic hydroxyl groups excluding tert-OH is 1. The Morgan fingerprint density at radius 2 is 2.22 bits per heavy atom. The van der Waals surface area contributed by atoms with Gasteiger partial charge in [0.15, 0.2) is 0 Å². The summed E-state index contributed by atoms with van der Waals surface area (Å²) >= 11 is 0. The Bertz CT molecular complexity index is 1110. The average Bonchev–Trinajstić information content (AvgIpc) is 3.09. The molecule has 0 saturated carbocycles. The molecule has 2 N–H and O–H groups in total. The first-order valence-corrected chi connectivity index (χ1v) is 10.6. The maximum absolute atomic E-state index is 13.5. The van der Waals surface area contributed by atoms with Gasteiger partial charge in [0.2, 0.25) is 0 Å². The van der Waals surface area contributed by atoms with Crippen molar-refractivity contribution in [2.45, 2.75) is 39.0 Å². The number of anilines is 1. The summed E-state index contributed by atoms with van der Waals surface area (Å²) in [5.41, 5.74) is 2.12. The van der Waals surface area contributed by atoms with Crippen LogP contribution in [0.3, 0.4) is 0 Å². The van der Waals surface area contributed by atoms with Crippen LogP contribution in [0.2, 0.25) is 0 Å². The second-order valence-corrected chi connectivity index (χ2v) is 8.29. The van der Waals surface area contributed by atoms with Crippen LogP contribution in [0, 0.1) is 23.1 Å². The molecule has 3 amide bonds. The van der Waals surface area contributed by atoms with Gasteiger partial charge in [0.05, 0.1) is 23.9 Å². The number of carbonyl (C=O) groups excluding carboxylic acids is 2. The molecular weight excluding hydrogens is 415 g/mol. The highest BCUT2D eigenvalue weighted by Crippen LogP contribution is 2.28. The van der Waals surface area contributed by atoms with Gasteiger partial charge < -0.3 is 20.2 Å². The van der Waals surface area contributed by atoms with Crippen molar-refractivity contribution in [3.63, 3.8) is 0 Å². The third-order valence-electron chi connectivity index (χ3n) is 6.15. The molecule has 1 aromatic carbocycles. The van der Waals surface area contributed by atoms with E-state index in [0.717, 1.165) is 11.8 Å². The number of rotatable bonds is 3. The van der Waals surface area contributed by atoms with Gasteiger partial charge in [-0.2, -0.15) is 10.4 Å². The summed E-state index contributed by atoms with van der Waals surface area (Å²) in [4.78, 5) is 29.1. The van der Waals surface area contributed by atoms with Crippen molar-refractivity contribution in [1.82, 2.24) is 19.6 Å². The van der Waals surface area contributed by atoms with Crippen molar-refractivity contribution in [3.8, 4) is 6.07 Å². The van der Waals surface area contributed by atoms with Crippen LogP contribution in [0.25, 0.3) is 0 Å². The highest BCUT2D eigenvalue weighted by molar-refractivity contribution is 5.95. The minimum Gasteiger partial charge on any atom is -0.393 e. The van der Waals surface area contributed by atoms with E-state index in [-0.39, 0.29) is 23.9 Å². The fourth-order valence-corrected chi connectivity index (χ4v) is 4.33. The van der Waals surface area contributed by atoms with Gasteiger partial charge in [-0.3, -0.25) is 9.48 Å². The van der Waals surface area contributed by atoms with Crippen LogP contribution in [0.15, 0.2) is 18.2 Å². The van der Waals surface area contributed by atoms with Gasteiger partial charge in [-0.25, -0.2) is 9.18 Å². The molecule has 2 aromatic rings. The van der Waals surface area contributed by atoms with Crippen molar-refractivity contribution in [1.29, 1.82) is 5.26 Å². The number of hydrogen-bond donors (Lipinski definition) is 2. The highest BCUT2D eigenvalue weighted by atomic mass is 19.1. The molecule has 10 heteroatoms. The number of amides is 3. The standard InChI is InChI=1S/C22H25FN6O3/c1-3-19(30)14-10-27(2)21(31)20-16-12-28(7-6-18(16)26-29(20)11-14)22(32)25-15-4-5-17(23)13(8-15)9-24/h4-5,8,14,19,30H,3,6-7,10-12H2,1-2H3,(H,25,32)/t14?,19-/m0/s1. The Hall–Kier alpha value is -3.45. The van der Waals surface area contributed by atoms with Gasteiger partial charge in [-0.05, 0) is 24.6 Å². The number of nitrogens with zero attached hydrogens (tertiary/aromatic N) is 5. The average molecular weight is 440 g/mol. The van der Waals surface area contributed by atoms with Crippen molar-refractivity contribution in [2.75, 3.05) is 25.5 Å². The van der Waals surface area contributed by atoms with Crippen LogP contribution in [0.4, 0.5) is 14.9 Å². The summed E-state index contributed by atoms with van der Waals surface area (Å²) in [6.07, 6.45) is 0.551. The monoisotopic (exact) mass is 440 g/mol. The molecule has 9 nitrogen and oxygen atoms in total. The Morgan fingerprint density at radius 3 is 2.94 bits per heavy atom. The van der Waals surface area contributed by atoms with Gasteiger partial charge in [-0.15, -0.1) is 0 Å². The van der Waals surface area contributed by atoms with Gasteiger partial charge in [0.25, 0.3) is 5.91 Å². The first-order valence-electron chi connectivity index (χ1n) is 10.6. The molecule has 0 bridgehead atoms. The summed E-state index contributed by atoms with van der Waals surface area (Å²) in [6.45, 7) is 3.40. The lowest BCUT2D eigenvalue weighted by atomic mass is 10.0. The zero-order valence-corrected chi connectivity index (χ0v) is 18.0. The molecular formula is C22H25FN6O3. The molecule has 0 aliphatic carbocycles. The molecule has 2 atom stereocenters. The van der Waals surface area contributed by atoms with Gasteiger partial charge in [0.1, 0.15) is 17.6 Å². The molecule has 168 valence electrons. The van der Waals surface area contributed by atoms with Crippen LogP contribution in [-0.4, -0.2) is 62.9 Å². The maximum atomic E-state index is 13.5. The Morgan fingerprint density at radius 1 is 1.44 bits per heavy atom. The fourth-order valence-electron chi connectivity index (χ4n) is 4.33. The second kappa shape index (κ2) is 8.59. The fraction of sp³-hybridized carbons (Fsp3) is 0.455. The number of hydrogen-bond acceptors (Lipinski definition) is 5. The minimum absolute atomic E-state index is 0.122. The zero-order valence-electron chi connectivity index (χ0n) is 18.0. The van der Waals surface area contributed by atoms with Crippen LogP contribution >= 0.6 is 0 Å². The molecule has 2 aliphatic rings. The Kier molecular flexibility index (Phi) is 5.84. The molecule has 0 spiro atoms. The summed E-state index contributed by atoms with van der Waals surface area (Å²) in [7, 11) is 1.71. The number of benzene rings is 1. The van der Waals surface area contributed by atoms with Crippen molar-refractivity contribution in [3.05, 3.63) is 46.5 Å². The number of halogens is 1. The molecule has 0 fully saturated rings. The van der Waals surface area contributed by atoms with Crippen LogP contribution in [-0.2, 0) is 19.5 Å². The SMILES string of the molecule is CC[C@H](O)C1CN(C)C(=O)c2c3c(nn2C1)CCN(C(=O)Nc1ccc(F)c(C#N)c1)C3. The maximum Gasteiger partial charge on any atom is 0.322 e. The van der Waals surface area contributed by atoms with E-state index < -0.39 is 18.0 Å². The predicted octanol–water partition coefficient (Wildman–Crippen LogP) is 1.96. The number of fused-ring (bicyclic) bond motifs is 3.